The summed E-state index contributed by atoms with van der Waals surface area (Å²) in [5.41, 5.74) is 2.33. The molecule has 0 bridgehead atoms. The molecule has 2 heterocycles. The smallest absolute Gasteiger partial charge is 0.168 e. The minimum atomic E-state index is -0.764. The Morgan fingerprint density at radius 2 is 2.00 bits per heavy atom. The van der Waals surface area contributed by atoms with E-state index in [2.05, 4.69) is 15.2 Å². The van der Waals surface area contributed by atoms with Crippen LogP contribution in [0.15, 0.2) is 30.5 Å². The summed E-state index contributed by atoms with van der Waals surface area (Å²) in [5.74, 6) is -0.863. The first kappa shape index (κ1) is 13.5. The van der Waals surface area contributed by atoms with E-state index in [-0.39, 0.29) is 11.7 Å². The highest BCUT2D eigenvalue weighted by molar-refractivity contribution is 5.78. The molecule has 0 unspecified atom stereocenters. The molecule has 0 aliphatic carbocycles. The molecule has 1 aromatic carbocycles. The third-order valence-electron chi connectivity index (χ3n) is 3.09. The molecule has 3 rings (SSSR count). The molecule has 0 atom stereocenters. The van der Waals surface area contributed by atoms with Gasteiger partial charge in [-0.2, -0.15) is 5.10 Å². The molecule has 0 amide bonds. The molecule has 0 aliphatic heterocycles. The number of nitrogens with zero attached hydrogens (tertiary/aromatic N) is 2. The second-order valence-electron chi connectivity index (χ2n) is 5.01. The van der Waals surface area contributed by atoms with Crippen molar-refractivity contribution in [3.05, 3.63) is 47.8 Å². The molecule has 0 fully saturated rings. The van der Waals surface area contributed by atoms with Crippen LogP contribution in [0.4, 0.5) is 8.78 Å². The summed E-state index contributed by atoms with van der Waals surface area (Å²) in [6.07, 6.45) is 1.49. The third kappa shape index (κ3) is 2.56. The number of H-pyrrole nitrogens is 1. The van der Waals surface area contributed by atoms with Gasteiger partial charge >= 0.3 is 0 Å². The average molecular weight is 289 g/mol. The molecule has 3 aromatic rings. The van der Waals surface area contributed by atoms with E-state index < -0.39 is 11.6 Å². The number of rotatable bonds is 3. The van der Waals surface area contributed by atoms with E-state index in [0.717, 1.165) is 23.3 Å². The topological polar surface area (TPSA) is 50.8 Å². The van der Waals surface area contributed by atoms with E-state index in [1.54, 1.807) is 6.07 Å². The van der Waals surface area contributed by atoms with Crippen molar-refractivity contribution >= 4 is 11.0 Å². The highest BCUT2D eigenvalue weighted by atomic mass is 19.1. The first-order chi connectivity index (χ1) is 10.0. The van der Waals surface area contributed by atoms with Gasteiger partial charge in [-0.05, 0) is 18.1 Å². The lowest BCUT2D eigenvalue weighted by Gasteiger charge is -2.06. The minimum absolute atomic E-state index is 0.0582. The Morgan fingerprint density at radius 1 is 1.19 bits per heavy atom. The van der Waals surface area contributed by atoms with E-state index >= 15 is 0 Å². The van der Waals surface area contributed by atoms with Gasteiger partial charge in [-0.1, -0.05) is 13.8 Å². The molecule has 0 aliphatic rings. The first-order valence-corrected chi connectivity index (χ1v) is 6.51. The van der Waals surface area contributed by atoms with Crippen LogP contribution in [0.5, 0.6) is 11.5 Å². The first-order valence-electron chi connectivity index (χ1n) is 6.51. The molecule has 21 heavy (non-hydrogen) atoms. The van der Waals surface area contributed by atoms with Gasteiger partial charge < -0.3 is 4.74 Å². The van der Waals surface area contributed by atoms with Gasteiger partial charge in [0.1, 0.15) is 22.6 Å². The second-order valence-corrected chi connectivity index (χ2v) is 5.01. The number of ether oxygens (including phenoxy) is 1. The predicted molar refractivity (Wildman–Crippen MR) is 74.4 cm³/mol. The van der Waals surface area contributed by atoms with Crippen LogP contribution >= 0.6 is 0 Å². The Morgan fingerprint density at radius 3 is 2.71 bits per heavy atom. The van der Waals surface area contributed by atoms with Gasteiger partial charge in [0, 0.05) is 12.1 Å². The summed E-state index contributed by atoms with van der Waals surface area (Å²) in [6.45, 7) is 4.07. The molecule has 0 saturated heterocycles. The number of hydrogen-bond donors (Lipinski definition) is 1. The van der Waals surface area contributed by atoms with Crippen molar-refractivity contribution in [1.82, 2.24) is 15.2 Å². The lowest BCUT2D eigenvalue weighted by atomic mass is 10.1. The van der Waals surface area contributed by atoms with Crippen LogP contribution in [-0.4, -0.2) is 15.2 Å². The van der Waals surface area contributed by atoms with Crippen LogP contribution in [0.2, 0.25) is 0 Å². The fourth-order valence-corrected chi connectivity index (χ4v) is 2.04. The number of halogens is 2. The van der Waals surface area contributed by atoms with Crippen LogP contribution < -0.4 is 4.74 Å². The minimum Gasteiger partial charge on any atom is -0.453 e. The summed E-state index contributed by atoms with van der Waals surface area (Å²) in [5, 5.41) is 7.09. The number of hydrogen-bond acceptors (Lipinski definition) is 3. The van der Waals surface area contributed by atoms with Crippen LogP contribution in [-0.2, 0) is 0 Å². The lowest BCUT2D eigenvalue weighted by Crippen LogP contribution is -1.92. The molecule has 0 saturated carbocycles. The number of aromatic amines is 1. The van der Waals surface area contributed by atoms with Crippen molar-refractivity contribution < 1.29 is 13.5 Å². The van der Waals surface area contributed by atoms with Gasteiger partial charge in [0.25, 0.3) is 0 Å². The highest BCUT2D eigenvalue weighted by Crippen LogP contribution is 2.28. The van der Waals surface area contributed by atoms with Gasteiger partial charge in [-0.3, -0.25) is 5.10 Å². The largest absolute Gasteiger partial charge is 0.453 e. The van der Waals surface area contributed by atoms with E-state index in [1.807, 2.05) is 13.8 Å². The van der Waals surface area contributed by atoms with Crippen molar-refractivity contribution in [2.45, 2.75) is 19.8 Å². The molecular formula is C15H13F2N3O. The molecule has 0 spiro atoms. The second kappa shape index (κ2) is 5.12. The van der Waals surface area contributed by atoms with Crippen molar-refractivity contribution in [2.24, 2.45) is 0 Å². The standard InChI is InChI=1S/C15H13F2N3O/c1-8(2)14-15-12(19-20-14)6-10(7-18-15)21-13-4-3-9(16)5-11(13)17/h3-8H,1-2H3,(H,19,20). The summed E-state index contributed by atoms with van der Waals surface area (Å²) < 4.78 is 31.8. The monoisotopic (exact) mass is 289 g/mol. The normalized spacial score (nSPS) is 11.3. The maximum atomic E-state index is 13.6. The number of aromatic nitrogens is 3. The zero-order chi connectivity index (χ0) is 15.0. The lowest BCUT2D eigenvalue weighted by molar-refractivity contribution is 0.437. The maximum absolute atomic E-state index is 13.6. The average Bonchev–Trinajstić information content (AvgIpc) is 2.85. The number of fused-ring (bicyclic) bond motifs is 1. The molecular weight excluding hydrogens is 276 g/mol. The van der Waals surface area contributed by atoms with Crippen molar-refractivity contribution in [3.63, 3.8) is 0 Å². The zero-order valence-electron chi connectivity index (χ0n) is 11.5. The predicted octanol–water partition coefficient (Wildman–Crippen LogP) is 4.15. The molecule has 4 nitrogen and oxygen atoms in total. The molecule has 2 aromatic heterocycles. The van der Waals surface area contributed by atoms with Gasteiger partial charge in [0.15, 0.2) is 11.6 Å². The van der Waals surface area contributed by atoms with Crippen LogP contribution in [0.1, 0.15) is 25.5 Å². The quantitative estimate of drug-likeness (QED) is 0.788. The van der Waals surface area contributed by atoms with Crippen LogP contribution in [0.3, 0.4) is 0 Å². The Kier molecular flexibility index (Phi) is 3.29. The van der Waals surface area contributed by atoms with E-state index in [9.17, 15) is 8.78 Å². The van der Waals surface area contributed by atoms with Gasteiger partial charge in [0.05, 0.1) is 11.9 Å². The van der Waals surface area contributed by atoms with E-state index in [4.69, 9.17) is 4.74 Å². The molecule has 6 heteroatoms. The third-order valence-corrected chi connectivity index (χ3v) is 3.09. The Labute approximate surface area is 119 Å². The van der Waals surface area contributed by atoms with Crippen molar-refractivity contribution in [2.75, 3.05) is 0 Å². The van der Waals surface area contributed by atoms with Gasteiger partial charge in [0.2, 0.25) is 0 Å². The fraction of sp³-hybridized carbons (Fsp3) is 0.200. The number of benzene rings is 1. The number of nitrogens with one attached hydrogen (secondary N) is 1. The van der Waals surface area contributed by atoms with Gasteiger partial charge in [-0.15, -0.1) is 0 Å². The zero-order valence-corrected chi connectivity index (χ0v) is 11.5. The van der Waals surface area contributed by atoms with Crippen molar-refractivity contribution in [3.8, 4) is 11.5 Å². The highest BCUT2D eigenvalue weighted by Gasteiger charge is 2.12. The molecule has 1 N–H and O–H groups in total. The van der Waals surface area contributed by atoms with E-state index in [0.29, 0.717) is 11.3 Å². The summed E-state index contributed by atoms with van der Waals surface area (Å²) in [6, 6.07) is 4.80. The summed E-state index contributed by atoms with van der Waals surface area (Å²) >= 11 is 0. The molecule has 108 valence electrons. The fourth-order valence-electron chi connectivity index (χ4n) is 2.04. The Hall–Kier alpha value is -2.50. The number of pyridine rings is 1. The van der Waals surface area contributed by atoms with E-state index in [1.165, 1.54) is 12.3 Å². The molecule has 0 radical (unpaired) electrons. The van der Waals surface area contributed by atoms with Crippen LogP contribution in [0.25, 0.3) is 11.0 Å². The summed E-state index contributed by atoms with van der Waals surface area (Å²) in [4.78, 5) is 4.29. The van der Waals surface area contributed by atoms with Crippen LogP contribution in [0, 0.1) is 11.6 Å². The van der Waals surface area contributed by atoms with Crippen molar-refractivity contribution in [1.29, 1.82) is 0 Å². The Balaban J connectivity index is 1.94. The maximum Gasteiger partial charge on any atom is 0.168 e. The SMILES string of the molecule is CC(C)c1[nH]nc2cc(Oc3ccc(F)cc3F)cnc12. The Bertz CT molecular complexity index is 799. The summed E-state index contributed by atoms with van der Waals surface area (Å²) in [7, 11) is 0. The van der Waals surface area contributed by atoms with Gasteiger partial charge in [-0.25, -0.2) is 13.8 Å².